The molecule has 0 aliphatic carbocycles. The maximum atomic E-state index is 6.07. The van der Waals surface area contributed by atoms with E-state index in [0.717, 1.165) is 0 Å². The highest BCUT2D eigenvalue weighted by Gasteiger charge is 2.24. The molecule has 0 aliphatic rings. The summed E-state index contributed by atoms with van der Waals surface area (Å²) in [5.41, 5.74) is 0. The van der Waals surface area contributed by atoms with Crippen LogP contribution in [0.2, 0.25) is 45.8 Å². The van der Waals surface area contributed by atoms with E-state index in [2.05, 4.69) is 134 Å². The average Bonchev–Trinajstić information content (AvgIpc) is 2.87. The quantitative estimate of drug-likeness (QED) is 0.117. The van der Waals surface area contributed by atoms with Crippen molar-refractivity contribution in [2.75, 3.05) is 6.23 Å². The van der Waals surface area contributed by atoms with E-state index >= 15 is 0 Å². The van der Waals surface area contributed by atoms with Crippen molar-refractivity contribution in [3.05, 3.63) is 86.0 Å². The van der Waals surface area contributed by atoms with Gasteiger partial charge < -0.3 is 8.23 Å². The predicted octanol–water partition coefficient (Wildman–Crippen LogP) is 8.44. The number of hydrogen-bond acceptors (Lipinski definition) is 3. The fraction of sp³-hybridized carbons (Fsp3) is 0.529. The number of thiol groups is 1. The van der Waals surface area contributed by atoms with Gasteiger partial charge in [0.1, 0.15) is 0 Å². The maximum absolute atomic E-state index is 6.07. The van der Waals surface area contributed by atoms with Crippen LogP contribution in [0.15, 0.2) is 86.0 Å². The lowest BCUT2D eigenvalue weighted by atomic mass is 10.3. The van der Waals surface area contributed by atoms with Gasteiger partial charge >= 0.3 is 0 Å². The van der Waals surface area contributed by atoms with E-state index < -0.39 is 25.9 Å². The second-order valence-corrected chi connectivity index (χ2v) is 25.0. The highest BCUT2D eigenvalue weighted by atomic mass is 32.1. The third-order valence-corrected chi connectivity index (χ3v) is 14.1. The highest BCUT2D eigenvalue weighted by Crippen LogP contribution is 2.10. The van der Waals surface area contributed by atoms with Crippen LogP contribution in [-0.2, 0) is 8.23 Å². The van der Waals surface area contributed by atoms with E-state index in [0.29, 0.717) is 0 Å². The van der Waals surface area contributed by atoms with Gasteiger partial charge in [0.05, 0.1) is 0 Å². The number of allylic oxidation sites excluding steroid dienone is 2. The Kier molecular flexibility index (Phi) is 46.4. The standard InChI is InChI=1S/C7H22O2Si3.2C6H8Si.2C6H12.CH4S.2CH4/c1-10(8-11(2,3)4)9-12(5,6)7;2*7-6-4-2-1-3-5-6;2*1-3-5-6-4-2;1-2;;/h10H,1-7H3;2*1-5H,7H3;2*3H,1,4-6H2,2H3;2H,1H3;2*1H4/i;;;;;1T;;. The summed E-state index contributed by atoms with van der Waals surface area (Å²) in [5, 5.41) is 2.92. The molecule has 2 aromatic rings. The lowest BCUT2D eigenvalue weighted by Gasteiger charge is -2.28. The Bertz CT molecular complexity index is 721. The molecular weight excluding hydrogens is 613 g/mol. The first-order valence-corrected chi connectivity index (χ1v) is 26.2. The molecule has 0 spiro atoms. The Morgan fingerprint density at radius 1 is 0.738 bits per heavy atom. The fourth-order valence-electron chi connectivity index (χ4n) is 2.79. The first-order valence-electron chi connectivity index (χ1n) is 15.3. The molecule has 0 atom stereocenters. The molecular formula is C34H74O2SSi5. The van der Waals surface area contributed by atoms with Gasteiger partial charge in [0.2, 0.25) is 0 Å². The van der Waals surface area contributed by atoms with Gasteiger partial charge in [0, 0.05) is 21.9 Å². The number of benzene rings is 2. The van der Waals surface area contributed by atoms with Crippen molar-refractivity contribution in [2.45, 2.75) is 113 Å². The third kappa shape index (κ3) is 58.8. The van der Waals surface area contributed by atoms with Crippen molar-refractivity contribution in [3.8, 4) is 0 Å². The maximum Gasteiger partial charge on any atom is 0.297 e. The van der Waals surface area contributed by atoms with Crippen molar-refractivity contribution >= 4 is 69.4 Å². The summed E-state index contributed by atoms with van der Waals surface area (Å²) in [6, 6.07) is 21.0. The molecule has 0 unspecified atom stereocenters. The van der Waals surface area contributed by atoms with Crippen LogP contribution in [0.4, 0.5) is 0 Å². The molecule has 0 fully saturated rings. The smallest absolute Gasteiger partial charge is 0.297 e. The Morgan fingerprint density at radius 3 is 1.12 bits per heavy atom. The monoisotopic (exact) mass is 688 g/mol. The summed E-state index contributed by atoms with van der Waals surface area (Å²) in [6.07, 6.45) is 11.6. The zero-order chi connectivity index (χ0) is 32.6. The Hall–Kier alpha value is -0.726. The minimum atomic E-state index is -1.36. The van der Waals surface area contributed by atoms with Gasteiger partial charge in [0.25, 0.3) is 9.28 Å². The van der Waals surface area contributed by atoms with Gasteiger partial charge in [-0.3, -0.25) is 0 Å². The molecule has 2 aromatic carbocycles. The van der Waals surface area contributed by atoms with Crippen molar-refractivity contribution in [1.82, 2.24) is 0 Å². The summed E-state index contributed by atoms with van der Waals surface area (Å²) < 4.78 is 17.9. The minimum Gasteiger partial charge on any atom is -0.439 e. The molecule has 0 heterocycles. The zero-order valence-electron chi connectivity index (χ0n) is 29.1. The summed E-state index contributed by atoms with van der Waals surface area (Å²) >= 11 is 3.46. The van der Waals surface area contributed by atoms with Crippen LogP contribution in [0, 0.1) is 0 Å². The Balaban J connectivity index is -0.0000000984. The predicted molar refractivity (Wildman–Crippen MR) is 222 cm³/mol. The molecule has 42 heavy (non-hydrogen) atoms. The Morgan fingerprint density at radius 2 is 1.00 bits per heavy atom. The lowest BCUT2D eigenvalue weighted by Crippen LogP contribution is -2.41. The Labute approximate surface area is 283 Å². The first-order chi connectivity index (χ1) is 19.1. The minimum absolute atomic E-state index is 0. The average molecular weight is 689 g/mol. The summed E-state index contributed by atoms with van der Waals surface area (Å²) in [7, 11) is -1.70. The van der Waals surface area contributed by atoms with E-state index in [1.54, 1.807) is 0 Å². The van der Waals surface area contributed by atoms with Gasteiger partial charge in [-0.1, -0.05) is 138 Å². The van der Waals surface area contributed by atoms with Crippen LogP contribution in [0.25, 0.3) is 0 Å². The third-order valence-electron chi connectivity index (χ3n) is 4.44. The molecule has 0 saturated heterocycles. The van der Waals surface area contributed by atoms with Gasteiger partial charge in [-0.2, -0.15) is 12.6 Å². The molecule has 0 aliphatic heterocycles. The van der Waals surface area contributed by atoms with Crippen LogP contribution >= 0.6 is 12.6 Å². The molecule has 0 N–H and O–H groups in total. The first kappa shape index (κ1) is 50.9. The molecule has 2 nitrogen and oxygen atoms in total. The molecule has 0 aromatic heterocycles. The van der Waals surface area contributed by atoms with E-state index in [1.807, 2.05) is 24.3 Å². The molecule has 0 amide bonds. The molecule has 0 saturated carbocycles. The molecule has 8 heteroatoms. The number of unbranched alkanes of at least 4 members (excludes halogenated alkanes) is 4. The summed E-state index contributed by atoms with van der Waals surface area (Å²) in [6.45, 7) is 27.0. The molecule has 0 radical (unpaired) electrons. The van der Waals surface area contributed by atoms with Crippen LogP contribution in [0.3, 0.4) is 0 Å². The van der Waals surface area contributed by atoms with Gasteiger partial charge in [0.15, 0.2) is 16.6 Å². The lowest BCUT2D eigenvalue weighted by molar-refractivity contribution is 0.428. The second-order valence-electron chi connectivity index (χ2n) is 11.2. The van der Waals surface area contributed by atoms with Crippen molar-refractivity contribution < 1.29 is 9.60 Å². The van der Waals surface area contributed by atoms with E-state index in [4.69, 9.17) is 9.60 Å². The van der Waals surface area contributed by atoms with Crippen molar-refractivity contribution in [2.24, 2.45) is 0 Å². The molecule has 248 valence electrons. The van der Waals surface area contributed by atoms with Gasteiger partial charge in [-0.15, -0.1) is 13.2 Å². The van der Waals surface area contributed by atoms with Crippen LogP contribution < -0.4 is 10.4 Å². The van der Waals surface area contributed by atoms with Gasteiger partial charge in [-0.05, 0) is 64.9 Å². The van der Waals surface area contributed by atoms with Crippen molar-refractivity contribution in [1.29, 1.82) is 0 Å². The molecule has 0 bridgehead atoms. The van der Waals surface area contributed by atoms with E-state index in [-0.39, 0.29) is 21.1 Å². The van der Waals surface area contributed by atoms with Gasteiger partial charge in [-0.25, -0.2) is 0 Å². The highest BCUT2D eigenvalue weighted by molar-refractivity contribution is 7.79. The normalized spacial score (nSPS) is 9.83. The van der Waals surface area contributed by atoms with Crippen LogP contribution in [0.5, 0.6) is 0 Å². The zero-order valence-corrected chi connectivity index (χ0v) is 36.2. The summed E-state index contributed by atoms with van der Waals surface area (Å²) in [4.78, 5) is 0. The molecule has 2 rings (SSSR count). The SMILES string of the molecule is C.C.C=CCCCC.C=CCCCC.C[SiH](O[Si](C)(C)C)O[Si](C)(C)C.[3H]CS.[SiH3]c1ccccc1.[SiH3]c1ccccc1. The van der Waals surface area contributed by atoms with Crippen LogP contribution in [-0.4, -0.2) is 52.6 Å². The van der Waals surface area contributed by atoms with Crippen LogP contribution in [0.1, 0.15) is 68.6 Å². The second kappa shape index (κ2) is 38.3. The van der Waals surface area contributed by atoms with E-state index in [1.165, 1.54) is 69.4 Å². The topological polar surface area (TPSA) is 18.5 Å². The summed E-state index contributed by atoms with van der Waals surface area (Å²) in [5.74, 6) is 0. The largest absolute Gasteiger partial charge is 0.439 e. The number of rotatable bonds is 10. The fourth-order valence-corrected chi connectivity index (χ4v) is 12.1. The van der Waals surface area contributed by atoms with E-state index in [9.17, 15) is 0 Å². The van der Waals surface area contributed by atoms with Crippen molar-refractivity contribution in [3.63, 3.8) is 0 Å². The number of hydrogen-bond donors (Lipinski definition) is 1.